The van der Waals surface area contributed by atoms with E-state index in [0.29, 0.717) is 23.3 Å². The van der Waals surface area contributed by atoms with Crippen molar-refractivity contribution in [2.45, 2.75) is 26.3 Å². The van der Waals surface area contributed by atoms with Gasteiger partial charge in [-0.3, -0.25) is 9.89 Å². The number of nitrogens with zero attached hydrogens (tertiary/aromatic N) is 2. The molecule has 0 saturated carbocycles. The maximum absolute atomic E-state index is 12.4. The summed E-state index contributed by atoms with van der Waals surface area (Å²) in [5.41, 5.74) is 1.50. The Morgan fingerprint density at radius 2 is 2.22 bits per heavy atom. The summed E-state index contributed by atoms with van der Waals surface area (Å²) < 4.78 is 2.57. The predicted molar refractivity (Wildman–Crippen MR) is 92.1 cm³/mol. The van der Waals surface area contributed by atoms with E-state index < -0.39 is 0 Å². The molecule has 0 spiro atoms. The molecule has 0 aliphatic rings. The number of carbonyl (C=O) groups excluding carboxylic acids is 1. The summed E-state index contributed by atoms with van der Waals surface area (Å²) >= 11 is 5.22. The van der Waals surface area contributed by atoms with Crippen molar-refractivity contribution in [3.8, 4) is 0 Å². The Kier molecular flexibility index (Phi) is 4.29. The van der Waals surface area contributed by atoms with E-state index in [-0.39, 0.29) is 11.9 Å². The number of carbonyl (C=O) groups is 1. The first-order valence-electron chi connectivity index (χ1n) is 7.58. The van der Waals surface area contributed by atoms with E-state index in [1.807, 2.05) is 35.0 Å². The van der Waals surface area contributed by atoms with E-state index >= 15 is 0 Å². The van der Waals surface area contributed by atoms with Gasteiger partial charge in [0.2, 0.25) is 0 Å². The number of aromatic nitrogens is 4. The number of amides is 1. The van der Waals surface area contributed by atoms with E-state index in [0.717, 1.165) is 16.7 Å². The summed E-state index contributed by atoms with van der Waals surface area (Å²) in [6.07, 6.45) is 2.46. The Labute approximate surface area is 138 Å². The zero-order chi connectivity index (χ0) is 16.4. The molecule has 0 aliphatic carbocycles. The lowest BCUT2D eigenvalue weighted by Gasteiger charge is -2.11. The second kappa shape index (κ2) is 6.37. The molecule has 2 aromatic heterocycles. The molecular formula is C16H19N5OS. The van der Waals surface area contributed by atoms with Crippen molar-refractivity contribution < 1.29 is 4.79 Å². The quantitative estimate of drug-likeness (QED) is 0.630. The number of aromatic amines is 2. The molecule has 0 atom stereocenters. The van der Waals surface area contributed by atoms with Crippen molar-refractivity contribution in [2.24, 2.45) is 0 Å². The van der Waals surface area contributed by atoms with Gasteiger partial charge in [0.15, 0.2) is 4.77 Å². The molecule has 120 valence electrons. The van der Waals surface area contributed by atoms with Gasteiger partial charge < -0.3 is 14.9 Å². The zero-order valence-electron chi connectivity index (χ0n) is 13.1. The number of hydrogen-bond donors (Lipinski definition) is 3. The van der Waals surface area contributed by atoms with E-state index in [9.17, 15) is 4.79 Å². The summed E-state index contributed by atoms with van der Waals surface area (Å²) in [5.74, 6) is 0.756. The van der Waals surface area contributed by atoms with Gasteiger partial charge in [-0.05, 0) is 38.2 Å². The van der Waals surface area contributed by atoms with Crippen LogP contribution < -0.4 is 5.32 Å². The topological polar surface area (TPSA) is 78.5 Å². The first kappa shape index (κ1) is 15.5. The number of H-pyrrole nitrogens is 2. The van der Waals surface area contributed by atoms with Gasteiger partial charge >= 0.3 is 0 Å². The van der Waals surface area contributed by atoms with Crippen molar-refractivity contribution >= 4 is 29.0 Å². The molecule has 3 aromatic rings. The summed E-state index contributed by atoms with van der Waals surface area (Å²) in [6.45, 7) is 4.61. The summed E-state index contributed by atoms with van der Waals surface area (Å²) in [6, 6.07) is 7.86. The van der Waals surface area contributed by atoms with Crippen LogP contribution >= 0.6 is 12.2 Å². The van der Waals surface area contributed by atoms with Gasteiger partial charge in [0.25, 0.3) is 5.91 Å². The number of hydrogen-bond acceptors (Lipinski definition) is 3. The predicted octanol–water partition coefficient (Wildman–Crippen LogP) is 2.98. The maximum atomic E-state index is 12.4. The van der Waals surface area contributed by atoms with Crippen LogP contribution in [0.3, 0.4) is 0 Å². The molecule has 7 heteroatoms. The Balaban J connectivity index is 1.68. The third-order valence-electron chi connectivity index (χ3n) is 3.76. The van der Waals surface area contributed by atoms with Crippen LogP contribution in [0, 0.1) is 4.77 Å². The molecular weight excluding hydrogens is 310 g/mol. The van der Waals surface area contributed by atoms with Crippen LogP contribution in [0.4, 0.5) is 0 Å². The summed E-state index contributed by atoms with van der Waals surface area (Å²) in [7, 11) is 0. The fraction of sp³-hybridized carbons (Fsp3) is 0.312. The van der Waals surface area contributed by atoms with Crippen molar-refractivity contribution in [2.75, 3.05) is 6.54 Å². The van der Waals surface area contributed by atoms with E-state index in [4.69, 9.17) is 12.2 Å². The Hall–Kier alpha value is -2.41. The van der Waals surface area contributed by atoms with Crippen LogP contribution in [0.2, 0.25) is 0 Å². The lowest BCUT2D eigenvalue weighted by atomic mass is 10.1. The first-order valence-corrected chi connectivity index (χ1v) is 7.99. The molecule has 0 unspecified atom stereocenters. The second-order valence-electron chi connectivity index (χ2n) is 5.66. The maximum Gasteiger partial charge on any atom is 0.253 e. The second-order valence-corrected chi connectivity index (χ2v) is 6.05. The number of para-hydroxylation sites is 1. The van der Waals surface area contributed by atoms with Crippen molar-refractivity contribution in [1.29, 1.82) is 0 Å². The minimum atomic E-state index is -0.0942. The number of benzene rings is 1. The Morgan fingerprint density at radius 3 is 3.00 bits per heavy atom. The fourth-order valence-electron chi connectivity index (χ4n) is 2.70. The molecule has 1 aromatic carbocycles. The van der Waals surface area contributed by atoms with Gasteiger partial charge in [-0.2, -0.15) is 5.10 Å². The van der Waals surface area contributed by atoms with Crippen LogP contribution in [0.1, 0.15) is 36.1 Å². The highest BCUT2D eigenvalue weighted by atomic mass is 32.1. The van der Waals surface area contributed by atoms with Crippen LogP contribution in [0.5, 0.6) is 0 Å². The van der Waals surface area contributed by atoms with E-state index in [1.165, 1.54) is 0 Å². The zero-order valence-corrected chi connectivity index (χ0v) is 13.9. The molecule has 0 saturated heterocycles. The smallest absolute Gasteiger partial charge is 0.253 e. The Morgan fingerprint density at radius 1 is 1.39 bits per heavy atom. The monoisotopic (exact) mass is 329 g/mol. The molecule has 3 rings (SSSR count). The van der Waals surface area contributed by atoms with Crippen LogP contribution in [-0.4, -0.2) is 32.2 Å². The summed E-state index contributed by atoms with van der Waals surface area (Å²) in [4.78, 5) is 15.5. The molecule has 1 amide bonds. The van der Waals surface area contributed by atoms with Crippen LogP contribution in [-0.2, 0) is 6.42 Å². The average molecular weight is 329 g/mol. The van der Waals surface area contributed by atoms with Crippen LogP contribution in [0.25, 0.3) is 10.9 Å². The molecule has 2 heterocycles. The molecule has 0 fully saturated rings. The van der Waals surface area contributed by atoms with Crippen molar-refractivity contribution in [3.63, 3.8) is 0 Å². The van der Waals surface area contributed by atoms with Gasteiger partial charge in [0, 0.05) is 30.6 Å². The third kappa shape index (κ3) is 3.05. The minimum Gasteiger partial charge on any atom is -0.361 e. The largest absolute Gasteiger partial charge is 0.361 e. The molecule has 0 bridgehead atoms. The molecule has 23 heavy (non-hydrogen) atoms. The van der Waals surface area contributed by atoms with Crippen molar-refractivity contribution in [3.05, 3.63) is 46.6 Å². The number of fused-ring (bicyclic) bond motifs is 1. The van der Waals surface area contributed by atoms with Gasteiger partial charge in [0.1, 0.15) is 5.82 Å². The molecule has 0 radical (unpaired) electrons. The number of nitrogens with one attached hydrogen (secondary N) is 3. The van der Waals surface area contributed by atoms with Gasteiger partial charge in [-0.15, -0.1) is 0 Å². The SMILES string of the molecule is CC(C)n1c(CCNC(=O)c2cccc3cc[nH]c23)n[nH]c1=S. The van der Waals surface area contributed by atoms with E-state index in [2.05, 4.69) is 34.3 Å². The van der Waals surface area contributed by atoms with E-state index in [1.54, 1.807) is 0 Å². The summed E-state index contributed by atoms with van der Waals surface area (Å²) in [5, 5.41) is 11.0. The van der Waals surface area contributed by atoms with Crippen LogP contribution in [0.15, 0.2) is 30.5 Å². The highest BCUT2D eigenvalue weighted by molar-refractivity contribution is 7.71. The van der Waals surface area contributed by atoms with Gasteiger partial charge in [-0.25, -0.2) is 0 Å². The lowest BCUT2D eigenvalue weighted by molar-refractivity contribution is 0.0955. The average Bonchev–Trinajstić information content (AvgIpc) is 3.13. The highest BCUT2D eigenvalue weighted by Gasteiger charge is 2.12. The van der Waals surface area contributed by atoms with Gasteiger partial charge in [-0.1, -0.05) is 12.1 Å². The first-order chi connectivity index (χ1) is 11.1. The van der Waals surface area contributed by atoms with Gasteiger partial charge in [0.05, 0.1) is 11.1 Å². The molecule has 3 N–H and O–H groups in total. The Bertz CT molecular complexity index is 889. The lowest BCUT2D eigenvalue weighted by Crippen LogP contribution is -2.27. The standard InChI is InChI=1S/C16H19N5OS/c1-10(2)21-13(19-20-16(21)23)7-9-18-15(22)12-5-3-4-11-6-8-17-14(11)12/h3-6,8,10,17H,7,9H2,1-2H3,(H,18,22)(H,20,23). The van der Waals surface area contributed by atoms with Crippen molar-refractivity contribution in [1.82, 2.24) is 25.1 Å². The highest BCUT2D eigenvalue weighted by Crippen LogP contribution is 2.16. The fourth-order valence-corrected chi connectivity index (χ4v) is 3.07. The normalized spacial score (nSPS) is 11.3. The third-order valence-corrected chi connectivity index (χ3v) is 4.05. The number of rotatable bonds is 5. The molecule has 6 nitrogen and oxygen atoms in total. The molecule has 0 aliphatic heterocycles. The minimum absolute atomic E-state index is 0.0942.